The van der Waals surface area contributed by atoms with Gasteiger partial charge in [-0.3, -0.25) is 0 Å². The number of likely N-dealkylation sites (tertiary alicyclic amines) is 1. The summed E-state index contributed by atoms with van der Waals surface area (Å²) in [5, 5.41) is 3.66. The van der Waals surface area contributed by atoms with Crippen molar-refractivity contribution in [2.75, 3.05) is 20.1 Å². The molecule has 1 aromatic rings. The first-order valence-corrected chi connectivity index (χ1v) is 6.56. The van der Waals surface area contributed by atoms with Crippen LogP contribution in [0.2, 0.25) is 0 Å². The fraction of sp³-hybridized carbons (Fsp3) is 0.833. The van der Waals surface area contributed by atoms with Crippen LogP contribution in [-0.2, 0) is 13.0 Å². The first kappa shape index (κ1) is 14.3. The molecule has 0 saturated carbocycles. The van der Waals surface area contributed by atoms with Crippen molar-refractivity contribution in [1.29, 1.82) is 0 Å². The summed E-state index contributed by atoms with van der Waals surface area (Å²) in [6.45, 7) is 1.08. The lowest BCUT2D eigenvalue weighted by atomic mass is 9.93. The molecule has 108 valence electrons. The Morgan fingerprint density at radius 3 is 2.89 bits per heavy atom. The second kappa shape index (κ2) is 5.90. The van der Waals surface area contributed by atoms with E-state index in [4.69, 9.17) is 0 Å². The van der Waals surface area contributed by atoms with Gasteiger partial charge in [0.15, 0.2) is 0 Å². The summed E-state index contributed by atoms with van der Waals surface area (Å²) in [7, 11) is 2.08. The molecule has 4 nitrogen and oxygen atoms in total. The summed E-state index contributed by atoms with van der Waals surface area (Å²) in [6.07, 6.45) is 0.714. The van der Waals surface area contributed by atoms with Crippen LogP contribution in [0.4, 0.5) is 13.2 Å². The molecule has 0 spiro atoms. The Hall–Kier alpha value is -1.11. The molecule has 0 aromatic carbocycles. The van der Waals surface area contributed by atoms with E-state index in [1.807, 2.05) is 0 Å². The quantitative estimate of drug-likeness (QED) is 0.844. The molecule has 0 amide bonds. The van der Waals surface area contributed by atoms with E-state index in [9.17, 15) is 13.2 Å². The van der Waals surface area contributed by atoms with Crippen LogP contribution in [0.1, 0.15) is 25.1 Å². The molecule has 0 aliphatic carbocycles. The van der Waals surface area contributed by atoms with Crippen LogP contribution in [0.5, 0.6) is 0 Å². The molecule has 1 atom stereocenters. The number of rotatable bonds is 4. The zero-order valence-electron chi connectivity index (χ0n) is 11.0. The van der Waals surface area contributed by atoms with Crippen LogP contribution in [0.25, 0.3) is 0 Å². The number of hydrogen-bond donors (Lipinski definition) is 0. The van der Waals surface area contributed by atoms with Crippen molar-refractivity contribution < 1.29 is 13.2 Å². The molecule has 2 rings (SSSR count). The van der Waals surface area contributed by atoms with E-state index in [2.05, 4.69) is 22.0 Å². The lowest BCUT2D eigenvalue weighted by Crippen LogP contribution is -2.32. The first-order valence-electron chi connectivity index (χ1n) is 6.56. The maximum Gasteiger partial charge on any atom is 0.408 e. The van der Waals surface area contributed by atoms with Crippen molar-refractivity contribution in [3.63, 3.8) is 0 Å². The summed E-state index contributed by atoms with van der Waals surface area (Å²) in [5.41, 5.74) is 0. The second-order valence-electron chi connectivity index (χ2n) is 5.26. The van der Waals surface area contributed by atoms with E-state index < -0.39 is 12.7 Å². The smallest absolute Gasteiger partial charge is 0.306 e. The molecule has 19 heavy (non-hydrogen) atoms. The molecule has 1 saturated heterocycles. The minimum atomic E-state index is -4.24. The largest absolute Gasteiger partial charge is 0.408 e. The third-order valence-corrected chi connectivity index (χ3v) is 3.52. The van der Waals surface area contributed by atoms with E-state index >= 15 is 0 Å². The molecular formula is C12H19F3N4. The average Bonchev–Trinajstić information content (AvgIpc) is 2.71. The van der Waals surface area contributed by atoms with Gasteiger partial charge in [0.05, 0.1) is 0 Å². The molecule has 1 aromatic heterocycles. The van der Waals surface area contributed by atoms with Crippen molar-refractivity contribution in [3.8, 4) is 0 Å². The number of nitrogens with zero attached hydrogens (tertiary/aromatic N) is 4. The summed E-state index contributed by atoms with van der Waals surface area (Å²) in [4.78, 5) is 6.21. The second-order valence-corrected chi connectivity index (χ2v) is 5.26. The van der Waals surface area contributed by atoms with Gasteiger partial charge in [-0.05, 0) is 38.8 Å². The fourth-order valence-electron chi connectivity index (χ4n) is 2.63. The molecule has 0 unspecified atom stereocenters. The van der Waals surface area contributed by atoms with Crippen molar-refractivity contribution >= 4 is 0 Å². The van der Waals surface area contributed by atoms with E-state index in [-0.39, 0.29) is 0 Å². The molecule has 1 aliphatic rings. The van der Waals surface area contributed by atoms with Gasteiger partial charge >= 0.3 is 6.18 Å². The zero-order chi connectivity index (χ0) is 13.9. The predicted octanol–water partition coefficient (Wildman–Crippen LogP) is 2.11. The average molecular weight is 276 g/mol. The standard InChI is InChI=1S/C12H19F3N4/c1-18-6-2-3-10(7-18)4-5-11-16-9-17-19(11)8-12(13,14)15/h9-10H,2-8H2,1H3/t10-/m1/s1. The Morgan fingerprint density at radius 1 is 1.42 bits per heavy atom. The van der Waals surface area contributed by atoms with Crippen LogP contribution in [0.15, 0.2) is 6.33 Å². The number of halogens is 3. The van der Waals surface area contributed by atoms with Gasteiger partial charge in [-0.1, -0.05) is 0 Å². The lowest BCUT2D eigenvalue weighted by molar-refractivity contribution is -0.143. The van der Waals surface area contributed by atoms with Gasteiger partial charge in [-0.15, -0.1) is 0 Å². The van der Waals surface area contributed by atoms with Gasteiger partial charge in [-0.25, -0.2) is 9.67 Å². The Morgan fingerprint density at radius 2 is 2.21 bits per heavy atom. The van der Waals surface area contributed by atoms with E-state index in [1.165, 1.54) is 6.33 Å². The Labute approximate surface area is 110 Å². The summed E-state index contributed by atoms with van der Waals surface area (Å²) < 4.78 is 38.0. The summed E-state index contributed by atoms with van der Waals surface area (Å²) in [5.74, 6) is 0.986. The first-order chi connectivity index (χ1) is 8.94. The third kappa shape index (κ3) is 4.49. The van der Waals surface area contributed by atoms with Gasteiger partial charge in [-0.2, -0.15) is 18.3 Å². The lowest BCUT2D eigenvalue weighted by Gasteiger charge is -2.29. The minimum absolute atomic E-state index is 0.436. The van der Waals surface area contributed by atoms with Gasteiger partial charge < -0.3 is 4.90 Å². The predicted molar refractivity (Wildman–Crippen MR) is 64.6 cm³/mol. The van der Waals surface area contributed by atoms with Crippen LogP contribution < -0.4 is 0 Å². The summed E-state index contributed by atoms with van der Waals surface area (Å²) >= 11 is 0. The number of aromatic nitrogens is 3. The zero-order valence-corrected chi connectivity index (χ0v) is 11.0. The van der Waals surface area contributed by atoms with Gasteiger partial charge in [0.2, 0.25) is 0 Å². The molecule has 0 N–H and O–H groups in total. The maximum absolute atomic E-state index is 12.3. The maximum atomic E-state index is 12.3. The van der Waals surface area contributed by atoms with E-state index in [0.717, 1.165) is 37.0 Å². The SMILES string of the molecule is CN1CCC[C@H](CCc2ncnn2CC(F)(F)F)C1. The molecule has 1 aliphatic heterocycles. The Bertz CT molecular complexity index is 402. The Kier molecular flexibility index (Phi) is 4.44. The van der Waals surface area contributed by atoms with Gasteiger partial charge in [0.1, 0.15) is 18.7 Å². The van der Waals surface area contributed by atoms with Crippen molar-refractivity contribution in [1.82, 2.24) is 19.7 Å². The highest BCUT2D eigenvalue weighted by Crippen LogP contribution is 2.21. The molecule has 1 fully saturated rings. The summed E-state index contributed by atoms with van der Waals surface area (Å²) in [6, 6.07) is 0. The highest BCUT2D eigenvalue weighted by Gasteiger charge is 2.29. The van der Waals surface area contributed by atoms with Crippen LogP contribution >= 0.6 is 0 Å². The highest BCUT2D eigenvalue weighted by molar-refractivity contribution is 4.87. The fourth-order valence-corrected chi connectivity index (χ4v) is 2.63. The topological polar surface area (TPSA) is 34.0 Å². The Balaban J connectivity index is 1.87. The monoisotopic (exact) mass is 276 g/mol. The molecule has 2 heterocycles. The van der Waals surface area contributed by atoms with E-state index in [0.29, 0.717) is 18.2 Å². The molecule has 0 radical (unpaired) electrons. The van der Waals surface area contributed by atoms with Crippen LogP contribution in [0, 0.1) is 5.92 Å². The van der Waals surface area contributed by atoms with Gasteiger partial charge in [0, 0.05) is 13.0 Å². The van der Waals surface area contributed by atoms with Crippen molar-refractivity contribution in [2.45, 2.75) is 38.4 Å². The molecular weight excluding hydrogens is 257 g/mol. The van der Waals surface area contributed by atoms with E-state index in [1.54, 1.807) is 0 Å². The number of hydrogen-bond acceptors (Lipinski definition) is 3. The number of piperidine rings is 1. The third-order valence-electron chi connectivity index (χ3n) is 3.52. The number of alkyl halides is 3. The normalized spacial score (nSPS) is 21.8. The molecule has 7 heteroatoms. The van der Waals surface area contributed by atoms with Crippen LogP contribution in [0.3, 0.4) is 0 Å². The highest BCUT2D eigenvalue weighted by atomic mass is 19.4. The van der Waals surface area contributed by atoms with Crippen molar-refractivity contribution in [3.05, 3.63) is 12.2 Å². The van der Waals surface area contributed by atoms with Gasteiger partial charge in [0.25, 0.3) is 0 Å². The van der Waals surface area contributed by atoms with Crippen molar-refractivity contribution in [2.24, 2.45) is 5.92 Å². The van der Waals surface area contributed by atoms with Crippen LogP contribution in [-0.4, -0.2) is 46.0 Å². The molecule has 0 bridgehead atoms. The minimum Gasteiger partial charge on any atom is -0.306 e. The number of aryl methyl sites for hydroxylation is 1.